The molecule has 0 aliphatic heterocycles. The highest BCUT2D eigenvalue weighted by molar-refractivity contribution is 7.80. The molecule has 2 rings (SSSR count). The Hall–Kier alpha value is -1.91. The minimum atomic E-state index is -0.169. The van der Waals surface area contributed by atoms with Crippen molar-refractivity contribution in [2.45, 2.75) is 13.5 Å². The van der Waals surface area contributed by atoms with Gasteiger partial charge in [-0.05, 0) is 36.2 Å². The summed E-state index contributed by atoms with van der Waals surface area (Å²) in [6, 6.07) is 12.7. The number of halogens is 1. The molecule has 108 valence electrons. The van der Waals surface area contributed by atoms with Crippen LogP contribution in [-0.2, 0) is 6.54 Å². The van der Waals surface area contributed by atoms with Gasteiger partial charge in [-0.1, -0.05) is 48.1 Å². The van der Waals surface area contributed by atoms with Crippen LogP contribution >= 0.6 is 23.8 Å². The van der Waals surface area contributed by atoms with E-state index >= 15 is 0 Å². The molecule has 5 heteroatoms. The molecule has 0 saturated carbocycles. The van der Waals surface area contributed by atoms with E-state index in [9.17, 15) is 4.79 Å². The third-order valence-electron chi connectivity index (χ3n) is 3.10. The zero-order valence-corrected chi connectivity index (χ0v) is 13.1. The topological polar surface area (TPSA) is 55.1 Å². The molecule has 2 aromatic carbocycles. The van der Waals surface area contributed by atoms with E-state index in [-0.39, 0.29) is 5.91 Å². The van der Waals surface area contributed by atoms with Gasteiger partial charge < -0.3 is 11.1 Å². The number of nitrogens with one attached hydrogen (secondary N) is 1. The maximum absolute atomic E-state index is 12.1. The second-order valence-corrected chi connectivity index (χ2v) is 5.56. The molecule has 0 unspecified atom stereocenters. The van der Waals surface area contributed by atoms with E-state index in [1.54, 1.807) is 12.1 Å². The first-order valence-electron chi connectivity index (χ1n) is 6.40. The van der Waals surface area contributed by atoms with E-state index in [1.165, 1.54) is 0 Å². The van der Waals surface area contributed by atoms with Crippen molar-refractivity contribution in [2.75, 3.05) is 0 Å². The predicted molar refractivity (Wildman–Crippen MR) is 89.7 cm³/mol. The second kappa shape index (κ2) is 6.70. The summed E-state index contributed by atoms with van der Waals surface area (Å²) >= 11 is 11.0. The van der Waals surface area contributed by atoms with Gasteiger partial charge in [-0.25, -0.2) is 0 Å². The van der Waals surface area contributed by atoms with Crippen molar-refractivity contribution >= 4 is 34.7 Å². The lowest BCUT2D eigenvalue weighted by molar-refractivity contribution is 0.0951. The Morgan fingerprint density at radius 3 is 2.67 bits per heavy atom. The van der Waals surface area contributed by atoms with Crippen LogP contribution in [0.1, 0.15) is 27.0 Å². The summed E-state index contributed by atoms with van der Waals surface area (Å²) in [5.41, 5.74) is 8.79. The standard InChI is InChI=1S/C16H15ClN2OS/c1-10-5-6-13(8-14(10)17)16(20)19-9-11-3-2-4-12(7-11)15(18)21/h2-8H,9H2,1H3,(H2,18,21)(H,19,20). The lowest BCUT2D eigenvalue weighted by atomic mass is 10.1. The number of carbonyl (C=O) groups is 1. The summed E-state index contributed by atoms with van der Waals surface area (Å²) in [7, 11) is 0. The Morgan fingerprint density at radius 2 is 2.00 bits per heavy atom. The van der Waals surface area contributed by atoms with E-state index in [1.807, 2.05) is 37.3 Å². The van der Waals surface area contributed by atoms with E-state index in [0.717, 1.165) is 16.7 Å². The van der Waals surface area contributed by atoms with Crippen molar-refractivity contribution in [1.29, 1.82) is 0 Å². The Labute approximate surface area is 134 Å². The lowest BCUT2D eigenvalue weighted by Crippen LogP contribution is -2.23. The van der Waals surface area contributed by atoms with Crippen LogP contribution in [-0.4, -0.2) is 10.9 Å². The third-order valence-corrected chi connectivity index (χ3v) is 3.74. The lowest BCUT2D eigenvalue weighted by Gasteiger charge is -2.08. The van der Waals surface area contributed by atoms with Crippen molar-refractivity contribution in [1.82, 2.24) is 5.32 Å². The van der Waals surface area contributed by atoms with Gasteiger partial charge in [0.05, 0.1) is 0 Å². The number of hydrogen-bond donors (Lipinski definition) is 2. The van der Waals surface area contributed by atoms with E-state index < -0.39 is 0 Å². The van der Waals surface area contributed by atoms with Crippen LogP contribution in [0.25, 0.3) is 0 Å². The number of amides is 1. The maximum Gasteiger partial charge on any atom is 0.251 e. The maximum atomic E-state index is 12.1. The van der Waals surface area contributed by atoms with Crippen LogP contribution < -0.4 is 11.1 Å². The van der Waals surface area contributed by atoms with Crippen molar-refractivity contribution in [3.05, 3.63) is 69.7 Å². The summed E-state index contributed by atoms with van der Waals surface area (Å²) in [6.45, 7) is 2.30. The van der Waals surface area contributed by atoms with Gasteiger partial charge >= 0.3 is 0 Å². The molecule has 0 aromatic heterocycles. The molecule has 0 aliphatic carbocycles. The second-order valence-electron chi connectivity index (χ2n) is 4.71. The van der Waals surface area contributed by atoms with Gasteiger partial charge in [-0.3, -0.25) is 4.79 Å². The molecule has 2 aromatic rings. The monoisotopic (exact) mass is 318 g/mol. The Bertz CT molecular complexity index is 700. The fraction of sp³-hybridized carbons (Fsp3) is 0.125. The molecule has 0 atom stereocenters. The number of benzene rings is 2. The van der Waals surface area contributed by atoms with Gasteiger partial charge in [-0.2, -0.15) is 0 Å². The zero-order valence-electron chi connectivity index (χ0n) is 11.5. The smallest absolute Gasteiger partial charge is 0.251 e. The summed E-state index contributed by atoms with van der Waals surface area (Å²) in [5, 5.41) is 3.43. The van der Waals surface area contributed by atoms with Crippen LogP contribution in [0, 0.1) is 6.92 Å². The molecule has 0 heterocycles. The molecule has 0 fully saturated rings. The Morgan fingerprint density at radius 1 is 1.24 bits per heavy atom. The zero-order chi connectivity index (χ0) is 15.4. The van der Waals surface area contributed by atoms with Crippen LogP contribution in [0.5, 0.6) is 0 Å². The predicted octanol–water partition coefficient (Wildman–Crippen LogP) is 3.21. The highest BCUT2D eigenvalue weighted by Gasteiger charge is 2.07. The largest absolute Gasteiger partial charge is 0.389 e. The van der Waals surface area contributed by atoms with Crippen LogP contribution in [0.3, 0.4) is 0 Å². The minimum Gasteiger partial charge on any atom is -0.389 e. The first-order valence-corrected chi connectivity index (χ1v) is 7.19. The van der Waals surface area contributed by atoms with Crippen LogP contribution in [0.4, 0.5) is 0 Å². The van der Waals surface area contributed by atoms with Crippen molar-refractivity contribution in [2.24, 2.45) is 5.73 Å². The van der Waals surface area contributed by atoms with E-state index in [0.29, 0.717) is 22.1 Å². The van der Waals surface area contributed by atoms with Gasteiger partial charge in [0.15, 0.2) is 0 Å². The van der Waals surface area contributed by atoms with Crippen LogP contribution in [0.2, 0.25) is 5.02 Å². The fourth-order valence-corrected chi connectivity index (χ4v) is 2.16. The van der Waals surface area contributed by atoms with Gasteiger partial charge in [0, 0.05) is 22.7 Å². The van der Waals surface area contributed by atoms with Crippen LogP contribution in [0.15, 0.2) is 42.5 Å². The molecule has 3 N–H and O–H groups in total. The molecule has 0 bridgehead atoms. The van der Waals surface area contributed by atoms with E-state index in [4.69, 9.17) is 29.6 Å². The average Bonchev–Trinajstić information content (AvgIpc) is 2.48. The van der Waals surface area contributed by atoms with Gasteiger partial charge in [0.1, 0.15) is 4.99 Å². The van der Waals surface area contributed by atoms with Gasteiger partial charge in [0.25, 0.3) is 5.91 Å². The van der Waals surface area contributed by atoms with Crippen molar-refractivity contribution < 1.29 is 4.79 Å². The number of aryl methyl sites for hydroxylation is 1. The normalized spacial score (nSPS) is 10.2. The summed E-state index contributed by atoms with van der Waals surface area (Å²) in [4.78, 5) is 12.4. The molecule has 0 aliphatic rings. The number of nitrogens with two attached hydrogens (primary N) is 1. The quantitative estimate of drug-likeness (QED) is 0.851. The Kier molecular flexibility index (Phi) is 4.94. The van der Waals surface area contributed by atoms with Gasteiger partial charge in [-0.15, -0.1) is 0 Å². The van der Waals surface area contributed by atoms with Crippen molar-refractivity contribution in [3.8, 4) is 0 Å². The highest BCUT2D eigenvalue weighted by atomic mass is 35.5. The first kappa shape index (κ1) is 15.5. The summed E-state index contributed by atoms with van der Waals surface area (Å²) < 4.78 is 0. The molecule has 0 saturated heterocycles. The molecule has 0 radical (unpaired) electrons. The molecule has 21 heavy (non-hydrogen) atoms. The number of thiocarbonyl (C=S) groups is 1. The molecule has 3 nitrogen and oxygen atoms in total. The molecular formula is C16H15ClN2OS. The average molecular weight is 319 g/mol. The fourth-order valence-electron chi connectivity index (χ4n) is 1.85. The minimum absolute atomic E-state index is 0.169. The highest BCUT2D eigenvalue weighted by Crippen LogP contribution is 2.16. The summed E-state index contributed by atoms with van der Waals surface area (Å²) in [5.74, 6) is -0.169. The Balaban J connectivity index is 2.05. The van der Waals surface area contributed by atoms with Crippen molar-refractivity contribution in [3.63, 3.8) is 0 Å². The summed E-state index contributed by atoms with van der Waals surface area (Å²) in [6.07, 6.45) is 0. The molecule has 0 spiro atoms. The SMILES string of the molecule is Cc1ccc(C(=O)NCc2cccc(C(N)=S)c2)cc1Cl. The molecule has 1 amide bonds. The van der Waals surface area contributed by atoms with Gasteiger partial charge in [0.2, 0.25) is 0 Å². The third kappa shape index (κ3) is 4.03. The molecular weight excluding hydrogens is 304 g/mol. The number of hydrogen-bond acceptors (Lipinski definition) is 2. The number of rotatable bonds is 4. The number of carbonyl (C=O) groups excluding carboxylic acids is 1. The first-order chi connectivity index (χ1) is 9.97. The van der Waals surface area contributed by atoms with E-state index in [2.05, 4.69) is 5.32 Å².